The number of hydrogen-bond acceptors (Lipinski definition) is 8. The Morgan fingerprint density at radius 3 is 1.76 bits per heavy atom. The quantitative estimate of drug-likeness (QED) is 0.104. The number of methoxy groups -OCH3 is 1. The zero-order valence-electron chi connectivity index (χ0n) is 35.7. The SMILES string of the molecule is COC(=O)N[C@H](C(=O)N1CCC[C@H]1c1ncc(-c2ccc(C#Cc3ccc(-c4cnc([C@@H]5CCCN5C(=O)[C@H](NC(=O)N5CC[C@@H](O)C5)c5ccccc5)[nH]4)cc3)cc2)[nH]1)C(C)C. The number of rotatable bonds is 10. The number of aromatic amines is 2. The summed E-state index contributed by atoms with van der Waals surface area (Å²) in [6, 6.07) is 22.7. The predicted octanol–water partition coefficient (Wildman–Crippen LogP) is 6.09. The highest BCUT2D eigenvalue weighted by Crippen LogP contribution is 2.35. The molecule has 0 aliphatic carbocycles. The lowest BCUT2D eigenvalue weighted by Crippen LogP contribution is -2.51. The number of benzene rings is 3. The number of carbonyl (C=O) groups is 4. The number of amides is 5. The minimum Gasteiger partial charge on any atom is -0.453 e. The fraction of sp³-hybridized carbons (Fsp3) is 0.375. The number of aliphatic hydroxyl groups excluding tert-OH is 1. The maximum absolute atomic E-state index is 14.2. The molecule has 3 aliphatic heterocycles. The minimum absolute atomic E-state index is 0.112. The first-order valence-electron chi connectivity index (χ1n) is 21.6. The van der Waals surface area contributed by atoms with Gasteiger partial charge in [0, 0.05) is 37.3 Å². The third kappa shape index (κ3) is 9.61. The van der Waals surface area contributed by atoms with E-state index in [2.05, 4.69) is 37.4 Å². The van der Waals surface area contributed by atoms with Gasteiger partial charge in [-0.2, -0.15) is 0 Å². The molecule has 15 nitrogen and oxygen atoms in total. The van der Waals surface area contributed by atoms with Gasteiger partial charge in [0.1, 0.15) is 23.7 Å². The normalized spacial score (nSPS) is 19.4. The number of imidazole rings is 2. The van der Waals surface area contributed by atoms with Crippen LogP contribution in [0.1, 0.15) is 92.4 Å². The first-order valence-corrected chi connectivity index (χ1v) is 21.6. The molecule has 3 saturated heterocycles. The Bertz CT molecular complexity index is 2470. The van der Waals surface area contributed by atoms with Crippen LogP contribution in [-0.2, 0) is 14.3 Å². The average Bonchev–Trinajstić information content (AvgIpc) is 4.17. The summed E-state index contributed by atoms with van der Waals surface area (Å²) in [5.74, 6) is 7.45. The van der Waals surface area contributed by atoms with Crippen LogP contribution in [0.25, 0.3) is 22.5 Å². The highest BCUT2D eigenvalue weighted by molar-refractivity contribution is 5.89. The summed E-state index contributed by atoms with van der Waals surface area (Å²) in [5, 5.41) is 15.6. The molecule has 5 N–H and O–H groups in total. The van der Waals surface area contributed by atoms with E-state index in [0.29, 0.717) is 43.3 Å². The molecule has 0 spiro atoms. The molecule has 63 heavy (non-hydrogen) atoms. The Morgan fingerprint density at radius 1 is 0.730 bits per heavy atom. The van der Waals surface area contributed by atoms with Crippen LogP contribution in [-0.4, -0.2) is 109 Å². The molecule has 5 atom stereocenters. The second-order valence-electron chi connectivity index (χ2n) is 16.7. The van der Waals surface area contributed by atoms with Gasteiger partial charge in [0.2, 0.25) is 11.8 Å². The van der Waals surface area contributed by atoms with Crippen molar-refractivity contribution >= 4 is 23.9 Å². The molecule has 3 aliphatic rings. The summed E-state index contributed by atoms with van der Waals surface area (Å²) >= 11 is 0. The number of ether oxygens (including phenoxy) is 1. The van der Waals surface area contributed by atoms with Crippen molar-refractivity contribution in [2.45, 2.75) is 76.2 Å². The van der Waals surface area contributed by atoms with E-state index in [1.807, 2.05) is 97.6 Å². The molecule has 0 bridgehead atoms. The van der Waals surface area contributed by atoms with Crippen molar-refractivity contribution in [1.82, 2.24) is 45.3 Å². The maximum Gasteiger partial charge on any atom is 0.407 e. The fourth-order valence-electron chi connectivity index (χ4n) is 8.66. The van der Waals surface area contributed by atoms with E-state index in [1.54, 1.807) is 22.2 Å². The van der Waals surface area contributed by atoms with Crippen LogP contribution in [0, 0.1) is 17.8 Å². The van der Waals surface area contributed by atoms with Gasteiger partial charge in [-0.25, -0.2) is 19.6 Å². The number of carbonyl (C=O) groups excluding carboxylic acids is 4. The van der Waals surface area contributed by atoms with E-state index in [4.69, 9.17) is 9.72 Å². The van der Waals surface area contributed by atoms with Gasteiger partial charge >= 0.3 is 12.1 Å². The lowest BCUT2D eigenvalue weighted by atomic mass is 10.0. The third-order valence-corrected chi connectivity index (χ3v) is 12.1. The average molecular weight is 852 g/mol. The summed E-state index contributed by atoms with van der Waals surface area (Å²) in [6.45, 7) is 5.60. The van der Waals surface area contributed by atoms with E-state index in [9.17, 15) is 24.3 Å². The summed E-state index contributed by atoms with van der Waals surface area (Å²) in [7, 11) is 1.29. The molecule has 326 valence electrons. The van der Waals surface area contributed by atoms with Crippen molar-refractivity contribution < 1.29 is 29.0 Å². The molecular formula is C48H53N9O6. The minimum atomic E-state index is -0.876. The predicted molar refractivity (Wildman–Crippen MR) is 235 cm³/mol. The number of aliphatic hydroxyl groups is 1. The van der Waals surface area contributed by atoms with E-state index >= 15 is 0 Å². The van der Waals surface area contributed by atoms with Crippen LogP contribution in [0.2, 0.25) is 0 Å². The number of likely N-dealkylation sites (tertiary alicyclic amines) is 3. The first kappa shape index (κ1) is 42.8. The highest BCUT2D eigenvalue weighted by atomic mass is 16.5. The van der Waals surface area contributed by atoms with Crippen LogP contribution in [0.4, 0.5) is 9.59 Å². The molecule has 8 rings (SSSR count). The number of hydrogen-bond donors (Lipinski definition) is 5. The second-order valence-corrected chi connectivity index (χ2v) is 16.7. The van der Waals surface area contributed by atoms with E-state index in [-0.39, 0.29) is 42.4 Å². The van der Waals surface area contributed by atoms with Crippen molar-refractivity contribution in [3.8, 4) is 34.4 Å². The molecule has 15 heteroatoms. The molecule has 5 aromatic rings. The van der Waals surface area contributed by atoms with Gasteiger partial charge in [0.25, 0.3) is 0 Å². The number of urea groups is 1. The van der Waals surface area contributed by atoms with Crippen molar-refractivity contribution in [2.75, 3.05) is 33.3 Å². The Balaban J connectivity index is 0.894. The van der Waals surface area contributed by atoms with Gasteiger partial charge < -0.3 is 45.1 Å². The topological polar surface area (TPSA) is 189 Å². The van der Waals surface area contributed by atoms with Gasteiger partial charge in [-0.3, -0.25) is 9.59 Å². The monoisotopic (exact) mass is 851 g/mol. The van der Waals surface area contributed by atoms with Crippen molar-refractivity contribution in [3.05, 3.63) is 120 Å². The Kier molecular flexibility index (Phi) is 12.9. The van der Waals surface area contributed by atoms with E-state index < -0.39 is 24.3 Å². The number of H-pyrrole nitrogens is 2. The summed E-state index contributed by atoms with van der Waals surface area (Å²) in [4.78, 5) is 74.3. The van der Waals surface area contributed by atoms with Crippen LogP contribution in [0.5, 0.6) is 0 Å². The van der Waals surface area contributed by atoms with Gasteiger partial charge in [0.15, 0.2) is 0 Å². The zero-order chi connectivity index (χ0) is 44.0. The number of β-amino-alcohol motifs (C(OH)–C–C–N with tert-alkyl or cyclic N) is 1. The molecule has 5 amide bonds. The van der Waals surface area contributed by atoms with Gasteiger partial charge in [0.05, 0.1) is 49.1 Å². The fourth-order valence-corrected chi connectivity index (χ4v) is 8.66. The number of nitrogens with zero attached hydrogens (tertiary/aromatic N) is 5. The molecule has 0 radical (unpaired) electrons. The Morgan fingerprint density at radius 2 is 1.27 bits per heavy atom. The lowest BCUT2D eigenvalue weighted by Gasteiger charge is -2.30. The van der Waals surface area contributed by atoms with Gasteiger partial charge in [-0.1, -0.05) is 80.3 Å². The number of nitrogens with one attached hydrogen (secondary N) is 4. The highest BCUT2D eigenvalue weighted by Gasteiger charge is 2.39. The van der Waals surface area contributed by atoms with Crippen LogP contribution >= 0.6 is 0 Å². The molecule has 2 aromatic heterocycles. The van der Waals surface area contributed by atoms with Crippen LogP contribution in [0.3, 0.4) is 0 Å². The van der Waals surface area contributed by atoms with Crippen LogP contribution in [0.15, 0.2) is 91.3 Å². The van der Waals surface area contributed by atoms with E-state index in [0.717, 1.165) is 59.3 Å². The summed E-state index contributed by atoms with van der Waals surface area (Å²) < 4.78 is 4.75. The third-order valence-electron chi connectivity index (χ3n) is 12.1. The van der Waals surface area contributed by atoms with Gasteiger partial charge in [-0.15, -0.1) is 0 Å². The van der Waals surface area contributed by atoms with Gasteiger partial charge in [-0.05, 0) is 79.0 Å². The lowest BCUT2D eigenvalue weighted by molar-refractivity contribution is -0.135. The number of alkyl carbamates (subject to hydrolysis) is 1. The maximum atomic E-state index is 14.2. The summed E-state index contributed by atoms with van der Waals surface area (Å²) in [5.41, 5.74) is 5.93. The smallest absolute Gasteiger partial charge is 0.407 e. The number of aromatic nitrogens is 4. The molecule has 0 unspecified atom stereocenters. The van der Waals surface area contributed by atoms with Crippen molar-refractivity contribution in [1.29, 1.82) is 0 Å². The zero-order valence-corrected chi connectivity index (χ0v) is 35.7. The molecule has 3 aromatic carbocycles. The first-order chi connectivity index (χ1) is 30.6. The van der Waals surface area contributed by atoms with E-state index in [1.165, 1.54) is 7.11 Å². The molecule has 3 fully saturated rings. The molecular weight excluding hydrogens is 799 g/mol. The summed E-state index contributed by atoms with van der Waals surface area (Å²) in [6.07, 6.45) is 6.05. The van der Waals surface area contributed by atoms with Crippen LogP contribution < -0.4 is 10.6 Å². The Labute approximate surface area is 366 Å². The Hall–Kier alpha value is -6.92. The standard InChI is InChI=1S/C48H53N9O6/c1-30(2)41(54-48(62)63-3)45(59)56-24-7-11-39(56)43-49-27-37(51-43)33-19-15-31(16-20-33)13-14-32-17-21-34(22-18-32)38-28-50-44(52-38)40-12-8-25-57(40)46(60)42(35-9-5-4-6-10-35)53-47(61)55-26-23-36(58)29-55/h4-6,9-10,15-22,27-28,30,36,39-42,58H,7-8,11-12,23-26,29H2,1-3H3,(H,49,51)(H,50,52)(H,53,61)(H,54,62)/t36-,39+,40+,41+,42-/m1/s1. The molecule has 5 heterocycles. The second kappa shape index (κ2) is 19.0. The molecule has 0 saturated carbocycles. The largest absolute Gasteiger partial charge is 0.453 e. The van der Waals surface area contributed by atoms with Crippen molar-refractivity contribution in [3.63, 3.8) is 0 Å². The van der Waals surface area contributed by atoms with Crippen molar-refractivity contribution in [2.24, 2.45) is 5.92 Å².